The number of aryl methyl sites for hydroxylation is 1. The molecule has 1 unspecified atom stereocenters. The molecular weight excluding hydrogens is 200 g/mol. The zero-order valence-electron chi connectivity index (χ0n) is 10.5. The van der Waals surface area contributed by atoms with Crippen molar-refractivity contribution < 1.29 is 4.42 Å². The zero-order valence-corrected chi connectivity index (χ0v) is 10.5. The topological polar surface area (TPSA) is 37.2 Å². The van der Waals surface area contributed by atoms with Crippen LogP contribution in [-0.4, -0.2) is 25.7 Å². The Morgan fingerprint density at radius 1 is 1.50 bits per heavy atom. The number of nitrogens with one attached hydrogen (secondary N) is 2. The van der Waals surface area contributed by atoms with E-state index in [1.165, 1.54) is 6.42 Å². The predicted octanol–water partition coefficient (Wildman–Crippen LogP) is 1.82. The molecule has 2 heterocycles. The van der Waals surface area contributed by atoms with Crippen LogP contribution in [0.4, 0.5) is 0 Å². The average molecular weight is 222 g/mol. The van der Waals surface area contributed by atoms with Gasteiger partial charge in [-0.25, -0.2) is 0 Å². The molecule has 1 fully saturated rings. The summed E-state index contributed by atoms with van der Waals surface area (Å²) >= 11 is 0. The molecule has 0 aromatic carbocycles. The Bertz CT molecular complexity index is 337. The largest absolute Gasteiger partial charge is 0.466 e. The quantitative estimate of drug-likeness (QED) is 0.816. The zero-order chi connectivity index (χ0) is 11.6. The standard InChI is InChI=1S/C13H22N2O/c1-10-4-5-12(16-10)13(2,3)9-15-11-6-7-14-8-11/h4-5,11,14-15H,6-9H2,1-3H3. The van der Waals surface area contributed by atoms with E-state index in [9.17, 15) is 0 Å². The molecule has 2 rings (SSSR count). The van der Waals surface area contributed by atoms with Crippen LogP contribution >= 0.6 is 0 Å². The summed E-state index contributed by atoms with van der Waals surface area (Å²) in [6.07, 6.45) is 1.23. The Morgan fingerprint density at radius 2 is 2.31 bits per heavy atom. The second kappa shape index (κ2) is 4.60. The Morgan fingerprint density at radius 3 is 2.88 bits per heavy atom. The molecule has 0 bridgehead atoms. The van der Waals surface area contributed by atoms with E-state index in [2.05, 4.69) is 30.5 Å². The van der Waals surface area contributed by atoms with E-state index in [-0.39, 0.29) is 5.41 Å². The minimum absolute atomic E-state index is 0.0663. The molecule has 1 aliphatic heterocycles. The minimum Gasteiger partial charge on any atom is -0.466 e. The van der Waals surface area contributed by atoms with Crippen LogP contribution in [0.15, 0.2) is 16.5 Å². The second-order valence-electron chi connectivity index (χ2n) is 5.36. The van der Waals surface area contributed by atoms with Gasteiger partial charge in [-0.15, -0.1) is 0 Å². The number of rotatable bonds is 4. The molecule has 1 aliphatic rings. The highest BCUT2D eigenvalue weighted by atomic mass is 16.3. The fraction of sp³-hybridized carbons (Fsp3) is 0.692. The van der Waals surface area contributed by atoms with Gasteiger partial charge in [-0.05, 0) is 32.0 Å². The summed E-state index contributed by atoms with van der Waals surface area (Å²) in [7, 11) is 0. The normalized spacial score (nSPS) is 21.6. The summed E-state index contributed by atoms with van der Waals surface area (Å²) in [6.45, 7) is 9.63. The molecule has 2 N–H and O–H groups in total. The van der Waals surface area contributed by atoms with E-state index < -0.39 is 0 Å². The number of furan rings is 1. The lowest BCUT2D eigenvalue weighted by atomic mass is 9.90. The summed E-state index contributed by atoms with van der Waals surface area (Å²) in [5.74, 6) is 2.06. The maximum atomic E-state index is 5.71. The van der Waals surface area contributed by atoms with Crippen molar-refractivity contribution in [1.29, 1.82) is 0 Å². The molecule has 1 aromatic heterocycles. The van der Waals surface area contributed by atoms with Crippen molar-refractivity contribution in [2.24, 2.45) is 0 Å². The highest BCUT2D eigenvalue weighted by Gasteiger charge is 2.25. The van der Waals surface area contributed by atoms with Crippen LogP contribution in [0.1, 0.15) is 31.8 Å². The summed E-state index contributed by atoms with van der Waals surface area (Å²) in [5, 5.41) is 6.97. The molecule has 0 aliphatic carbocycles. The van der Waals surface area contributed by atoms with E-state index in [1.807, 2.05) is 13.0 Å². The Labute approximate surface area is 97.6 Å². The van der Waals surface area contributed by atoms with Crippen molar-refractivity contribution in [3.63, 3.8) is 0 Å². The first-order chi connectivity index (χ1) is 7.58. The van der Waals surface area contributed by atoms with Crippen LogP contribution in [0.3, 0.4) is 0 Å². The van der Waals surface area contributed by atoms with Crippen LogP contribution in [-0.2, 0) is 5.41 Å². The van der Waals surface area contributed by atoms with E-state index in [0.29, 0.717) is 6.04 Å². The van der Waals surface area contributed by atoms with E-state index >= 15 is 0 Å². The van der Waals surface area contributed by atoms with Crippen LogP contribution in [0.25, 0.3) is 0 Å². The second-order valence-corrected chi connectivity index (χ2v) is 5.36. The van der Waals surface area contributed by atoms with Crippen LogP contribution < -0.4 is 10.6 Å². The lowest BCUT2D eigenvalue weighted by molar-refractivity contribution is 0.344. The van der Waals surface area contributed by atoms with Gasteiger partial charge in [-0.1, -0.05) is 13.8 Å². The molecule has 1 atom stereocenters. The SMILES string of the molecule is Cc1ccc(C(C)(C)CNC2CCNC2)o1. The molecule has 90 valence electrons. The molecule has 0 radical (unpaired) electrons. The maximum Gasteiger partial charge on any atom is 0.111 e. The Kier molecular flexibility index (Phi) is 3.36. The molecule has 16 heavy (non-hydrogen) atoms. The van der Waals surface area contributed by atoms with Gasteiger partial charge in [0.1, 0.15) is 11.5 Å². The predicted molar refractivity (Wildman–Crippen MR) is 65.7 cm³/mol. The van der Waals surface area contributed by atoms with Crippen LogP contribution in [0, 0.1) is 6.92 Å². The molecule has 1 aromatic rings. The van der Waals surface area contributed by atoms with Gasteiger partial charge in [-0.3, -0.25) is 0 Å². The van der Waals surface area contributed by atoms with Gasteiger partial charge in [0.2, 0.25) is 0 Å². The van der Waals surface area contributed by atoms with E-state index in [1.54, 1.807) is 0 Å². The van der Waals surface area contributed by atoms with Gasteiger partial charge in [0.05, 0.1) is 0 Å². The maximum absolute atomic E-state index is 5.71. The van der Waals surface area contributed by atoms with Gasteiger partial charge in [0.15, 0.2) is 0 Å². The highest BCUT2D eigenvalue weighted by molar-refractivity contribution is 5.15. The smallest absolute Gasteiger partial charge is 0.111 e. The molecule has 1 saturated heterocycles. The van der Waals surface area contributed by atoms with Gasteiger partial charge in [0, 0.05) is 24.5 Å². The minimum atomic E-state index is 0.0663. The third kappa shape index (κ3) is 2.66. The number of hydrogen-bond donors (Lipinski definition) is 2. The van der Waals surface area contributed by atoms with Crippen molar-refractivity contribution in [1.82, 2.24) is 10.6 Å². The first-order valence-corrected chi connectivity index (χ1v) is 6.09. The van der Waals surface area contributed by atoms with Crippen molar-refractivity contribution in [2.75, 3.05) is 19.6 Å². The highest BCUT2D eigenvalue weighted by Crippen LogP contribution is 2.24. The van der Waals surface area contributed by atoms with E-state index in [4.69, 9.17) is 4.42 Å². The fourth-order valence-corrected chi connectivity index (χ4v) is 2.11. The molecule has 0 saturated carbocycles. The fourth-order valence-electron chi connectivity index (χ4n) is 2.11. The summed E-state index contributed by atoms with van der Waals surface area (Å²) in [6, 6.07) is 4.74. The molecule has 3 nitrogen and oxygen atoms in total. The number of hydrogen-bond acceptors (Lipinski definition) is 3. The third-order valence-corrected chi connectivity index (χ3v) is 3.30. The van der Waals surface area contributed by atoms with E-state index in [0.717, 1.165) is 31.2 Å². The summed E-state index contributed by atoms with van der Waals surface area (Å²) in [4.78, 5) is 0. The van der Waals surface area contributed by atoms with Crippen molar-refractivity contribution >= 4 is 0 Å². The van der Waals surface area contributed by atoms with Crippen molar-refractivity contribution in [3.8, 4) is 0 Å². The Balaban J connectivity index is 1.91. The summed E-state index contributed by atoms with van der Waals surface area (Å²) < 4.78 is 5.71. The first-order valence-electron chi connectivity index (χ1n) is 6.09. The monoisotopic (exact) mass is 222 g/mol. The lowest BCUT2D eigenvalue weighted by Gasteiger charge is -2.24. The van der Waals surface area contributed by atoms with Gasteiger partial charge in [-0.2, -0.15) is 0 Å². The van der Waals surface area contributed by atoms with Crippen LogP contribution in [0.2, 0.25) is 0 Å². The molecule has 3 heteroatoms. The van der Waals surface area contributed by atoms with Gasteiger partial charge < -0.3 is 15.1 Å². The van der Waals surface area contributed by atoms with Gasteiger partial charge >= 0.3 is 0 Å². The van der Waals surface area contributed by atoms with Crippen molar-refractivity contribution in [2.45, 2.75) is 38.6 Å². The molecular formula is C13H22N2O. The van der Waals surface area contributed by atoms with Crippen LogP contribution in [0.5, 0.6) is 0 Å². The Hall–Kier alpha value is -0.800. The van der Waals surface area contributed by atoms with Crippen molar-refractivity contribution in [3.05, 3.63) is 23.7 Å². The molecule has 0 spiro atoms. The average Bonchev–Trinajstić information content (AvgIpc) is 2.85. The van der Waals surface area contributed by atoms with Gasteiger partial charge in [0.25, 0.3) is 0 Å². The molecule has 0 amide bonds. The lowest BCUT2D eigenvalue weighted by Crippen LogP contribution is -2.40. The first kappa shape index (κ1) is 11.7. The summed E-state index contributed by atoms with van der Waals surface area (Å²) in [5.41, 5.74) is 0.0663. The third-order valence-electron chi connectivity index (χ3n) is 3.30.